The van der Waals surface area contributed by atoms with E-state index >= 15 is 0 Å². The first-order chi connectivity index (χ1) is 13.7. The zero-order valence-corrected chi connectivity index (χ0v) is 14.9. The molecule has 0 spiro atoms. The third kappa shape index (κ3) is 2.80. The maximum absolute atomic E-state index is 14.0. The number of benzene rings is 1. The second-order valence-electron chi connectivity index (χ2n) is 6.80. The average Bonchev–Trinajstić information content (AvgIpc) is 3.35. The average molecular weight is 380 g/mol. The predicted molar refractivity (Wildman–Crippen MR) is 99.3 cm³/mol. The summed E-state index contributed by atoms with van der Waals surface area (Å²) in [5, 5.41) is 11.6. The Balaban J connectivity index is 1.60. The molecule has 4 aromatic rings. The minimum Gasteiger partial charge on any atom is -0.333 e. The monoisotopic (exact) mass is 380 g/mol. The number of halogens is 1. The van der Waals surface area contributed by atoms with Crippen molar-refractivity contribution >= 4 is 5.65 Å². The van der Waals surface area contributed by atoms with Gasteiger partial charge in [-0.3, -0.25) is 4.79 Å². The molecule has 28 heavy (non-hydrogen) atoms. The molecule has 1 aliphatic heterocycles. The summed E-state index contributed by atoms with van der Waals surface area (Å²) >= 11 is 0. The summed E-state index contributed by atoms with van der Waals surface area (Å²) < 4.78 is 21.1. The predicted octanol–water partition coefficient (Wildman–Crippen LogP) is 2.35. The molecule has 2 N–H and O–H groups in total. The number of piperidine rings is 1. The molecule has 0 unspecified atom stereocenters. The summed E-state index contributed by atoms with van der Waals surface area (Å²) in [4.78, 5) is 19.4. The highest BCUT2D eigenvalue weighted by Crippen LogP contribution is 2.29. The lowest BCUT2D eigenvalue weighted by atomic mass is 9.94. The van der Waals surface area contributed by atoms with Crippen molar-refractivity contribution in [2.24, 2.45) is 0 Å². The zero-order valence-electron chi connectivity index (χ0n) is 14.9. The van der Waals surface area contributed by atoms with Crippen molar-refractivity contribution in [2.45, 2.75) is 18.8 Å². The molecule has 5 rings (SSSR count). The zero-order chi connectivity index (χ0) is 19.1. The molecule has 4 heterocycles. The van der Waals surface area contributed by atoms with Gasteiger partial charge < -0.3 is 14.8 Å². The van der Waals surface area contributed by atoms with E-state index in [9.17, 15) is 9.18 Å². The number of aromatic nitrogens is 5. The van der Waals surface area contributed by atoms with E-state index in [0.29, 0.717) is 11.2 Å². The Morgan fingerprint density at radius 1 is 1.18 bits per heavy atom. The van der Waals surface area contributed by atoms with Gasteiger partial charge in [0.1, 0.15) is 17.0 Å². The fourth-order valence-corrected chi connectivity index (χ4v) is 3.66. The number of hydrogen-bond acceptors (Lipinski definition) is 6. The van der Waals surface area contributed by atoms with Gasteiger partial charge in [0.05, 0.1) is 17.5 Å². The molecule has 1 aromatic carbocycles. The number of nitrogens with zero attached hydrogens (tertiary/aromatic N) is 4. The molecule has 0 bridgehead atoms. The van der Waals surface area contributed by atoms with Gasteiger partial charge in [-0.15, -0.1) is 0 Å². The molecule has 142 valence electrons. The number of aromatic amines is 1. The topological polar surface area (TPSA) is 101 Å². The molecule has 8 nitrogen and oxygen atoms in total. The smallest absolute Gasteiger partial charge is 0.263 e. The number of hydrogen-bond donors (Lipinski definition) is 2. The first kappa shape index (κ1) is 16.8. The fraction of sp³-hybridized carbons (Fsp3) is 0.263. The minimum absolute atomic E-state index is 0.143. The van der Waals surface area contributed by atoms with E-state index in [4.69, 9.17) is 4.52 Å². The van der Waals surface area contributed by atoms with Gasteiger partial charge in [0, 0.05) is 12.0 Å². The molecule has 3 aromatic heterocycles. The SMILES string of the molecule is O=c1cc(C2CCNCC2)n2ncc(-c3nc(-c4ccccc4F)no3)c2[nH]1. The van der Waals surface area contributed by atoms with Gasteiger partial charge in [0.25, 0.3) is 11.4 Å². The third-order valence-corrected chi connectivity index (χ3v) is 5.06. The lowest BCUT2D eigenvalue weighted by molar-refractivity contribution is 0.432. The normalized spacial score (nSPS) is 15.3. The van der Waals surface area contributed by atoms with Crippen molar-refractivity contribution in [3.8, 4) is 22.8 Å². The van der Waals surface area contributed by atoms with E-state index in [2.05, 4.69) is 25.5 Å². The van der Waals surface area contributed by atoms with Gasteiger partial charge >= 0.3 is 0 Å². The van der Waals surface area contributed by atoms with Gasteiger partial charge in [0.2, 0.25) is 5.82 Å². The molecule has 0 saturated carbocycles. The van der Waals surface area contributed by atoms with Gasteiger partial charge in [0.15, 0.2) is 0 Å². The summed E-state index contributed by atoms with van der Waals surface area (Å²) in [5.41, 5.74) is 1.89. The second-order valence-corrected chi connectivity index (χ2v) is 6.80. The quantitative estimate of drug-likeness (QED) is 0.566. The lowest BCUT2D eigenvalue weighted by Crippen LogP contribution is -2.28. The number of rotatable bonds is 3. The molecule has 1 fully saturated rings. The summed E-state index contributed by atoms with van der Waals surface area (Å²) in [7, 11) is 0. The highest BCUT2D eigenvalue weighted by atomic mass is 19.1. The van der Waals surface area contributed by atoms with Crippen LogP contribution < -0.4 is 10.9 Å². The summed E-state index contributed by atoms with van der Waals surface area (Å²) in [5.74, 6) is 0.127. The summed E-state index contributed by atoms with van der Waals surface area (Å²) in [6, 6.07) is 7.81. The van der Waals surface area contributed by atoms with Crippen LogP contribution in [0.15, 0.2) is 45.8 Å². The Hall–Kier alpha value is -3.33. The van der Waals surface area contributed by atoms with Crippen LogP contribution in [-0.2, 0) is 0 Å². The number of H-pyrrole nitrogens is 1. The van der Waals surface area contributed by atoms with Crippen LogP contribution in [-0.4, -0.2) is 37.8 Å². The maximum atomic E-state index is 14.0. The Kier molecular flexibility index (Phi) is 4.01. The van der Waals surface area contributed by atoms with E-state index in [1.54, 1.807) is 35.0 Å². The van der Waals surface area contributed by atoms with E-state index in [0.717, 1.165) is 31.6 Å². The van der Waals surface area contributed by atoms with E-state index in [1.807, 2.05) is 0 Å². The molecule has 0 atom stereocenters. The highest BCUT2D eigenvalue weighted by molar-refractivity contribution is 5.72. The van der Waals surface area contributed by atoms with Gasteiger partial charge in [-0.25, -0.2) is 8.91 Å². The molecule has 1 saturated heterocycles. The highest BCUT2D eigenvalue weighted by Gasteiger charge is 2.23. The van der Waals surface area contributed by atoms with E-state index < -0.39 is 5.82 Å². The van der Waals surface area contributed by atoms with Crippen LogP contribution in [0.4, 0.5) is 4.39 Å². The van der Waals surface area contributed by atoms with Crippen LogP contribution in [0.1, 0.15) is 24.5 Å². The molecule has 0 radical (unpaired) electrons. The van der Waals surface area contributed by atoms with Gasteiger partial charge in [-0.2, -0.15) is 10.1 Å². The van der Waals surface area contributed by atoms with Crippen molar-refractivity contribution in [3.63, 3.8) is 0 Å². The molecule has 1 aliphatic rings. The van der Waals surface area contributed by atoms with Crippen molar-refractivity contribution in [2.75, 3.05) is 13.1 Å². The van der Waals surface area contributed by atoms with Crippen LogP contribution in [0.3, 0.4) is 0 Å². The first-order valence-electron chi connectivity index (χ1n) is 9.11. The third-order valence-electron chi connectivity index (χ3n) is 5.06. The largest absolute Gasteiger partial charge is 0.333 e. The second kappa shape index (κ2) is 6.68. The number of fused-ring (bicyclic) bond motifs is 1. The lowest BCUT2D eigenvalue weighted by Gasteiger charge is -2.23. The molecular formula is C19H17FN6O2. The van der Waals surface area contributed by atoms with Crippen molar-refractivity contribution in [1.82, 2.24) is 30.1 Å². The minimum atomic E-state index is -0.434. The summed E-state index contributed by atoms with van der Waals surface area (Å²) in [6.45, 7) is 1.81. The van der Waals surface area contributed by atoms with Crippen LogP contribution >= 0.6 is 0 Å². The molecule has 0 aliphatic carbocycles. The van der Waals surface area contributed by atoms with Crippen LogP contribution in [0.5, 0.6) is 0 Å². The number of nitrogens with one attached hydrogen (secondary N) is 2. The van der Waals surface area contributed by atoms with Crippen molar-refractivity contribution in [1.29, 1.82) is 0 Å². The van der Waals surface area contributed by atoms with Crippen LogP contribution in [0.25, 0.3) is 28.5 Å². The Labute approximate surface area is 158 Å². The van der Waals surface area contributed by atoms with E-state index in [1.165, 1.54) is 6.07 Å². The molecular weight excluding hydrogens is 363 g/mol. The first-order valence-corrected chi connectivity index (χ1v) is 9.11. The Morgan fingerprint density at radius 3 is 2.82 bits per heavy atom. The molecule has 9 heteroatoms. The fourth-order valence-electron chi connectivity index (χ4n) is 3.66. The van der Waals surface area contributed by atoms with Crippen molar-refractivity contribution in [3.05, 3.63) is 58.4 Å². The van der Waals surface area contributed by atoms with Gasteiger partial charge in [-0.1, -0.05) is 17.3 Å². The van der Waals surface area contributed by atoms with Crippen molar-refractivity contribution < 1.29 is 8.91 Å². The Morgan fingerprint density at radius 2 is 2.00 bits per heavy atom. The molecule has 0 amide bonds. The van der Waals surface area contributed by atoms with Crippen LogP contribution in [0.2, 0.25) is 0 Å². The van der Waals surface area contributed by atoms with E-state index in [-0.39, 0.29) is 28.8 Å². The van der Waals surface area contributed by atoms with Crippen LogP contribution in [0, 0.1) is 5.82 Å². The summed E-state index contributed by atoms with van der Waals surface area (Å²) in [6.07, 6.45) is 3.45. The maximum Gasteiger partial charge on any atom is 0.263 e. The standard InChI is InChI=1S/C19H17FN6O2/c20-14-4-2-1-3-12(14)17-24-19(28-25-17)13-10-22-26-15(9-16(27)23-18(13)26)11-5-7-21-8-6-11/h1-4,9-11,21H,5-8H2,(H,23,27). The van der Waals surface area contributed by atoms with Gasteiger partial charge in [-0.05, 0) is 38.1 Å². The Bertz CT molecular complexity index is 1200.